The van der Waals surface area contributed by atoms with E-state index in [0.717, 1.165) is 19.5 Å². The lowest BCUT2D eigenvalue weighted by molar-refractivity contribution is -0.136. The zero-order valence-corrected chi connectivity index (χ0v) is 15.8. The molecule has 0 bridgehead atoms. The van der Waals surface area contributed by atoms with Crippen molar-refractivity contribution in [2.45, 2.75) is 11.3 Å². The fourth-order valence-corrected chi connectivity index (χ4v) is 4.59. The highest BCUT2D eigenvalue weighted by molar-refractivity contribution is 7.89. The van der Waals surface area contributed by atoms with Gasteiger partial charge in [-0.3, -0.25) is 4.79 Å². The van der Waals surface area contributed by atoms with Crippen molar-refractivity contribution in [1.82, 2.24) is 14.5 Å². The fraction of sp³-hybridized carbons (Fsp3) is 0.562. The topological polar surface area (TPSA) is 79.0 Å². The molecule has 2 saturated heterocycles. The molecule has 0 aromatic heterocycles. The van der Waals surface area contributed by atoms with Crippen molar-refractivity contribution in [2.75, 3.05) is 46.4 Å². The third-order valence-corrected chi connectivity index (χ3v) is 6.57. The molecule has 1 aromatic rings. The largest absolute Gasteiger partial charge is 0.497 e. The van der Waals surface area contributed by atoms with E-state index < -0.39 is 10.0 Å². The Labute approximate surface area is 154 Å². The summed E-state index contributed by atoms with van der Waals surface area (Å²) in [6.45, 7) is 3.17. The van der Waals surface area contributed by atoms with Crippen LogP contribution in [0.5, 0.6) is 5.75 Å². The van der Waals surface area contributed by atoms with Crippen LogP contribution in [0.15, 0.2) is 29.2 Å². The predicted molar refractivity (Wildman–Crippen MR) is 96.6 cm³/mol. The molecule has 1 aromatic carbocycles. The molecule has 2 aliphatic heterocycles. The van der Waals surface area contributed by atoms with Crippen LogP contribution in [-0.4, -0.2) is 69.9 Å². The number of nitrogens with one attached hydrogen (secondary N) is 1. The Kier molecular flexibility index (Phi) is 6.67. The molecular weight excluding hydrogens is 366 g/mol. The van der Waals surface area contributed by atoms with Crippen molar-refractivity contribution in [3.05, 3.63) is 24.3 Å². The van der Waals surface area contributed by atoms with Gasteiger partial charge in [0.25, 0.3) is 0 Å². The monoisotopic (exact) mass is 389 g/mol. The van der Waals surface area contributed by atoms with Crippen molar-refractivity contribution in [1.29, 1.82) is 0 Å². The van der Waals surface area contributed by atoms with Crippen LogP contribution in [0, 0.1) is 5.92 Å². The molecule has 0 aliphatic carbocycles. The van der Waals surface area contributed by atoms with Gasteiger partial charge in [0.05, 0.1) is 17.9 Å². The molecule has 1 unspecified atom stereocenters. The van der Waals surface area contributed by atoms with E-state index in [2.05, 4.69) is 5.32 Å². The molecular formula is C16H24ClN3O4S. The smallest absolute Gasteiger partial charge is 0.243 e. The molecule has 0 radical (unpaired) electrons. The molecule has 0 saturated carbocycles. The normalized spacial score (nSPS) is 21.6. The summed E-state index contributed by atoms with van der Waals surface area (Å²) < 4.78 is 31.9. The fourth-order valence-electron chi connectivity index (χ4n) is 3.17. The summed E-state index contributed by atoms with van der Waals surface area (Å²) in [5, 5.41) is 3.19. The second-order valence-electron chi connectivity index (χ2n) is 6.09. The Balaban J connectivity index is 0.00000225. The average Bonchev–Trinajstić information content (AvgIpc) is 3.16. The number of carbonyl (C=O) groups is 1. The van der Waals surface area contributed by atoms with Crippen LogP contribution in [0.3, 0.4) is 0 Å². The highest BCUT2D eigenvalue weighted by Crippen LogP contribution is 2.21. The standard InChI is InChI=1S/C16H23N3O4S.ClH/c1-23-14-2-4-15(5-3-14)24(21,22)19-10-8-18(9-11-19)16(20)13-6-7-17-12-13;/h2-5,13,17H,6-12H2,1H3;1H. The number of halogens is 1. The summed E-state index contributed by atoms with van der Waals surface area (Å²) in [4.78, 5) is 14.4. The highest BCUT2D eigenvalue weighted by Gasteiger charge is 2.33. The minimum atomic E-state index is -3.53. The zero-order chi connectivity index (χ0) is 17.2. The van der Waals surface area contributed by atoms with Crippen LogP contribution in [-0.2, 0) is 14.8 Å². The van der Waals surface area contributed by atoms with Crippen LogP contribution < -0.4 is 10.1 Å². The van der Waals surface area contributed by atoms with Gasteiger partial charge in [-0.2, -0.15) is 4.31 Å². The van der Waals surface area contributed by atoms with Crippen LogP contribution >= 0.6 is 12.4 Å². The van der Waals surface area contributed by atoms with E-state index in [-0.39, 0.29) is 29.1 Å². The first kappa shape index (κ1) is 20.0. The maximum Gasteiger partial charge on any atom is 0.243 e. The van der Waals surface area contributed by atoms with Crippen LogP contribution in [0.1, 0.15) is 6.42 Å². The number of piperazine rings is 1. The van der Waals surface area contributed by atoms with Crippen molar-refractivity contribution in [3.8, 4) is 5.75 Å². The van der Waals surface area contributed by atoms with Gasteiger partial charge in [-0.15, -0.1) is 12.4 Å². The summed E-state index contributed by atoms with van der Waals surface area (Å²) in [7, 11) is -1.99. The highest BCUT2D eigenvalue weighted by atomic mass is 35.5. The minimum Gasteiger partial charge on any atom is -0.497 e. The number of sulfonamides is 1. The molecule has 2 fully saturated rings. The van der Waals surface area contributed by atoms with Crippen molar-refractivity contribution < 1.29 is 17.9 Å². The van der Waals surface area contributed by atoms with Crippen molar-refractivity contribution in [2.24, 2.45) is 5.92 Å². The van der Waals surface area contributed by atoms with E-state index in [4.69, 9.17) is 4.74 Å². The first-order valence-electron chi connectivity index (χ1n) is 8.16. The summed E-state index contributed by atoms with van der Waals surface area (Å²) in [6.07, 6.45) is 0.864. The van der Waals surface area contributed by atoms with E-state index >= 15 is 0 Å². The van der Waals surface area contributed by atoms with Gasteiger partial charge in [-0.05, 0) is 37.2 Å². The maximum atomic E-state index is 12.7. The SMILES string of the molecule is COc1ccc(S(=O)(=O)N2CCN(C(=O)C3CCNC3)CC2)cc1.Cl. The van der Waals surface area contributed by atoms with Crippen LogP contribution in [0.25, 0.3) is 0 Å². The Morgan fingerprint density at radius 1 is 1.16 bits per heavy atom. The lowest BCUT2D eigenvalue weighted by Crippen LogP contribution is -2.52. The summed E-state index contributed by atoms with van der Waals surface area (Å²) in [5.41, 5.74) is 0. The molecule has 25 heavy (non-hydrogen) atoms. The number of benzene rings is 1. The second-order valence-corrected chi connectivity index (χ2v) is 8.03. The number of carbonyl (C=O) groups excluding carboxylic acids is 1. The third-order valence-electron chi connectivity index (χ3n) is 4.66. The van der Waals surface area contributed by atoms with E-state index in [1.165, 1.54) is 4.31 Å². The molecule has 0 spiro atoms. The Morgan fingerprint density at radius 3 is 2.32 bits per heavy atom. The molecule has 7 nitrogen and oxygen atoms in total. The van der Waals surface area contributed by atoms with Gasteiger partial charge in [-0.25, -0.2) is 8.42 Å². The summed E-state index contributed by atoms with van der Waals surface area (Å²) in [6, 6.07) is 6.38. The Hall–Kier alpha value is -1.35. The van der Waals surface area contributed by atoms with E-state index in [1.54, 1.807) is 36.3 Å². The summed E-state index contributed by atoms with van der Waals surface area (Å²) >= 11 is 0. The van der Waals surface area contributed by atoms with Gasteiger partial charge in [0.15, 0.2) is 0 Å². The maximum absolute atomic E-state index is 12.7. The van der Waals surface area contributed by atoms with Gasteiger partial charge in [-0.1, -0.05) is 0 Å². The van der Waals surface area contributed by atoms with Gasteiger partial charge < -0.3 is 15.0 Å². The minimum absolute atomic E-state index is 0. The third kappa shape index (κ3) is 4.25. The lowest BCUT2D eigenvalue weighted by atomic mass is 10.1. The second kappa shape index (κ2) is 8.35. The first-order valence-corrected chi connectivity index (χ1v) is 9.60. The number of methoxy groups -OCH3 is 1. The number of hydrogen-bond donors (Lipinski definition) is 1. The molecule has 1 amide bonds. The van der Waals surface area contributed by atoms with Gasteiger partial charge in [0, 0.05) is 32.7 Å². The molecule has 1 N–H and O–H groups in total. The van der Waals surface area contributed by atoms with E-state index in [0.29, 0.717) is 31.9 Å². The molecule has 2 aliphatic rings. The van der Waals surface area contributed by atoms with Crippen molar-refractivity contribution in [3.63, 3.8) is 0 Å². The van der Waals surface area contributed by atoms with Crippen LogP contribution in [0.4, 0.5) is 0 Å². The summed E-state index contributed by atoms with van der Waals surface area (Å²) in [5.74, 6) is 0.797. The van der Waals surface area contributed by atoms with Gasteiger partial charge in [0.2, 0.25) is 15.9 Å². The van der Waals surface area contributed by atoms with Gasteiger partial charge in [0.1, 0.15) is 5.75 Å². The number of ether oxygens (including phenoxy) is 1. The quantitative estimate of drug-likeness (QED) is 0.814. The first-order chi connectivity index (χ1) is 11.5. The number of nitrogens with zero attached hydrogens (tertiary/aromatic N) is 2. The number of rotatable bonds is 4. The Bertz CT molecular complexity index is 682. The molecule has 9 heteroatoms. The van der Waals surface area contributed by atoms with Gasteiger partial charge >= 0.3 is 0 Å². The Morgan fingerprint density at radius 2 is 1.80 bits per heavy atom. The molecule has 140 valence electrons. The van der Waals surface area contributed by atoms with Crippen molar-refractivity contribution >= 4 is 28.3 Å². The average molecular weight is 390 g/mol. The van der Waals surface area contributed by atoms with E-state index in [9.17, 15) is 13.2 Å². The molecule has 3 rings (SSSR count). The van der Waals surface area contributed by atoms with E-state index in [1.807, 2.05) is 0 Å². The molecule has 1 atom stereocenters. The zero-order valence-electron chi connectivity index (χ0n) is 14.2. The predicted octanol–water partition coefficient (Wildman–Crippen LogP) is 0.559. The lowest BCUT2D eigenvalue weighted by Gasteiger charge is -2.35. The molecule has 2 heterocycles. The van der Waals surface area contributed by atoms with Crippen LogP contribution in [0.2, 0.25) is 0 Å². The number of amides is 1. The number of hydrogen-bond acceptors (Lipinski definition) is 5.